The second kappa shape index (κ2) is 7.56. The molecular formula is C18H28N4. The molecule has 0 aliphatic carbocycles. The van der Waals surface area contributed by atoms with Crippen LogP contribution < -0.4 is 0 Å². The monoisotopic (exact) mass is 300 g/mol. The summed E-state index contributed by atoms with van der Waals surface area (Å²) in [5.41, 5.74) is -0.232. The van der Waals surface area contributed by atoms with Gasteiger partial charge in [-0.3, -0.25) is 14.8 Å². The smallest absolute Gasteiger partial charge is 0.137 e. The maximum Gasteiger partial charge on any atom is 0.137 e. The predicted molar refractivity (Wildman–Crippen MR) is 95.2 cm³/mol. The van der Waals surface area contributed by atoms with E-state index in [1.807, 2.05) is 24.3 Å². The molecule has 1 fully saturated rings. The van der Waals surface area contributed by atoms with Crippen LogP contribution in [-0.2, 0) is 0 Å². The van der Waals surface area contributed by atoms with E-state index in [9.17, 15) is 0 Å². The zero-order valence-electron chi connectivity index (χ0n) is 13.6. The Morgan fingerprint density at radius 3 is 1.95 bits per heavy atom. The van der Waals surface area contributed by atoms with E-state index in [0.717, 1.165) is 58.1 Å². The first kappa shape index (κ1) is 16.7. The van der Waals surface area contributed by atoms with Crippen molar-refractivity contribution in [3.8, 4) is 0 Å². The van der Waals surface area contributed by atoms with Crippen LogP contribution in [0.5, 0.6) is 0 Å². The molecule has 120 valence electrons. The molecule has 0 spiro atoms. The summed E-state index contributed by atoms with van der Waals surface area (Å²) >= 11 is 0. The van der Waals surface area contributed by atoms with Crippen molar-refractivity contribution in [3.05, 3.63) is 50.6 Å². The fourth-order valence-corrected chi connectivity index (χ4v) is 3.64. The SMILES string of the molecule is C=CCN1CCN=C1C1(CC=C)N(CC=C)CCN1CC=C. The summed E-state index contributed by atoms with van der Waals surface area (Å²) in [6, 6.07) is 0. The third-order valence-electron chi connectivity index (χ3n) is 4.45. The minimum atomic E-state index is -0.232. The maximum atomic E-state index is 4.87. The molecule has 0 N–H and O–H groups in total. The highest BCUT2D eigenvalue weighted by atomic mass is 15.5. The fourth-order valence-electron chi connectivity index (χ4n) is 3.64. The van der Waals surface area contributed by atoms with Crippen molar-refractivity contribution in [2.45, 2.75) is 12.1 Å². The van der Waals surface area contributed by atoms with E-state index < -0.39 is 0 Å². The van der Waals surface area contributed by atoms with Gasteiger partial charge in [-0.05, 0) is 0 Å². The van der Waals surface area contributed by atoms with Crippen molar-refractivity contribution >= 4 is 5.84 Å². The molecule has 0 amide bonds. The number of nitrogens with zero attached hydrogens (tertiary/aromatic N) is 4. The Labute approximate surface area is 134 Å². The zero-order valence-corrected chi connectivity index (χ0v) is 13.6. The van der Waals surface area contributed by atoms with Gasteiger partial charge in [0, 0.05) is 45.7 Å². The Hall–Kier alpha value is -1.65. The van der Waals surface area contributed by atoms with Crippen LogP contribution in [0.4, 0.5) is 0 Å². The summed E-state index contributed by atoms with van der Waals surface area (Å²) in [6.45, 7) is 22.1. The van der Waals surface area contributed by atoms with Crippen molar-refractivity contribution in [3.63, 3.8) is 0 Å². The van der Waals surface area contributed by atoms with Crippen molar-refractivity contribution in [2.75, 3.05) is 45.8 Å². The molecule has 0 unspecified atom stereocenters. The minimum absolute atomic E-state index is 0.232. The lowest BCUT2D eigenvalue weighted by Crippen LogP contribution is -2.62. The first-order chi connectivity index (χ1) is 10.7. The Kier molecular flexibility index (Phi) is 5.75. The van der Waals surface area contributed by atoms with Gasteiger partial charge in [-0.1, -0.05) is 24.3 Å². The van der Waals surface area contributed by atoms with Crippen LogP contribution in [0, 0.1) is 0 Å². The van der Waals surface area contributed by atoms with Gasteiger partial charge in [0.15, 0.2) is 0 Å². The molecule has 0 radical (unpaired) electrons. The minimum Gasteiger partial charge on any atom is -0.352 e. The molecule has 22 heavy (non-hydrogen) atoms. The van der Waals surface area contributed by atoms with Crippen molar-refractivity contribution in [1.29, 1.82) is 0 Å². The Morgan fingerprint density at radius 1 is 0.864 bits per heavy atom. The molecule has 2 aliphatic rings. The molecule has 0 aromatic heterocycles. The van der Waals surface area contributed by atoms with Crippen molar-refractivity contribution in [1.82, 2.24) is 14.7 Å². The summed E-state index contributed by atoms with van der Waals surface area (Å²) in [4.78, 5) is 12.1. The molecule has 2 heterocycles. The molecule has 0 atom stereocenters. The standard InChI is InChI=1S/C18H28N4/c1-5-9-18(17-19-10-14-20(17)11-6-2)21(12-7-3)15-16-22(18)13-8-4/h5-8H,1-4,9-16H2. The van der Waals surface area contributed by atoms with Crippen LogP contribution in [0.3, 0.4) is 0 Å². The van der Waals surface area contributed by atoms with Gasteiger partial charge in [-0.15, -0.1) is 26.3 Å². The third-order valence-corrected chi connectivity index (χ3v) is 4.45. The van der Waals surface area contributed by atoms with Crippen LogP contribution in [-0.4, -0.2) is 72.0 Å². The topological polar surface area (TPSA) is 22.1 Å². The number of rotatable bonds is 9. The average molecular weight is 300 g/mol. The summed E-state index contributed by atoms with van der Waals surface area (Å²) in [7, 11) is 0. The van der Waals surface area contributed by atoms with Gasteiger partial charge in [0.25, 0.3) is 0 Å². The average Bonchev–Trinajstić information content (AvgIpc) is 3.09. The van der Waals surface area contributed by atoms with E-state index in [4.69, 9.17) is 4.99 Å². The Morgan fingerprint density at radius 2 is 1.45 bits per heavy atom. The van der Waals surface area contributed by atoms with Gasteiger partial charge < -0.3 is 4.90 Å². The molecule has 4 heteroatoms. The first-order valence-corrected chi connectivity index (χ1v) is 7.98. The molecule has 1 saturated heterocycles. The molecule has 0 saturated carbocycles. The lowest BCUT2D eigenvalue weighted by Gasteiger charge is -2.45. The molecule has 2 aliphatic heterocycles. The fraction of sp³-hybridized carbons (Fsp3) is 0.500. The van der Waals surface area contributed by atoms with Crippen LogP contribution in [0.15, 0.2) is 55.6 Å². The highest BCUT2D eigenvalue weighted by Gasteiger charge is 2.51. The van der Waals surface area contributed by atoms with Crippen LogP contribution in [0.2, 0.25) is 0 Å². The lowest BCUT2D eigenvalue weighted by molar-refractivity contribution is 0.0888. The van der Waals surface area contributed by atoms with Gasteiger partial charge in [0.1, 0.15) is 11.5 Å². The highest BCUT2D eigenvalue weighted by molar-refractivity contribution is 5.93. The van der Waals surface area contributed by atoms with E-state index in [2.05, 4.69) is 41.0 Å². The number of aliphatic imine (C=N–C) groups is 1. The largest absolute Gasteiger partial charge is 0.352 e. The molecule has 0 bridgehead atoms. The molecular weight excluding hydrogens is 272 g/mol. The predicted octanol–water partition coefficient (Wildman–Crippen LogP) is 2.15. The summed E-state index contributed by atoms with van der Waals surface area (Å²) in [6.07, 6.45) is 8.75. The second-order valence-corrected chi connectivity index (χ2v) is 5.72. The molecule has 4 nitrogen and oxygen atoms in total. The lowest BCUT2D eigenvalue weighted by atomic mass is 10.00. The van der Waals surface area contributed by atoms with E-state index >= 15 is 0 Å². The third kappa shape index (κ3) is 2.81. The van der Waals surface area contributed by atoms with Gasteiger partial charge in [-0.25, -0.2) is 0 Å². The van der Waals surface area contributed by atoms with Crippen LogP contribution in [0.1, 0.15) is 6.42 Å². The van der Waals surface area contributed by atoms with Crippen LogP contribution in [0.25, 0.3) is 0 Å². The first-order valence-electron chi connectivity index (χ1n) is 7.98. The van der Waals surface area contributed by atoms with E-state index in [-0.39, 0.29) is 5.66 Å². The van der Waals surface area contributed by atoms with Gasteiger partial charge in [-0.2, -0.15) is 0 Å². The Bertz CT molecular complexity index is 448. The molecule has 0 aromatic rings. The van der Waals surface area contributed by atoms with Gasteiger partial charge >= 0.3 is 0 Å². The Balaban J connectivity index is 2.44. The highest BCUT2D eigenvalue weighted by Crippen LogP contribution is 2.35. The zero-order chi connectivity index (χ0) is 16.0. The molecule has 2 rings (SSSR count). The summed E-state index contributed by atoms with van der Waals surface area (Å²) in [5.74, 6) is 1.15. The van der Waals surface area contributed by atoms with E-state index in [1.165, 1.54) is 0 Å². The van der Waals surface area contributed by atoms with E-state index in [1.54, 1.807) is 0 Å². The summed E-state index contributed by atoms with van der Waals surface area (Å²) in [5, 5.41) is 0. The van der Waals surface area contributed by atoms with Gasteiger partial charge in [0.05, 0.1) is 6.54 Å². The molecule has 0 aromatic carbocycles. The van der Waals surface area contributed by atoms with Gasteiger partial charge in [0.2, 0.25) is 0 Å². The number of hydrogen-bond acceptors (Lipinski definition) is 4. The maximum absolute atomic E-state index is 4.87. The normalized spacial score (nSPS) is 21.6. The number of amidine groups is 1. The van der Waals surface area contributed by atoms with Crippen LogP contribution >= 0.6 is 0 Å². The van der Waals surface area contributed by atoms with Crippen molar-refractivity contribution < 1.29 is 0 Å². The quantitative estimate of drug-likeness (QED) is 0.609. The summed E-state index contributed by atoms with van der Waals surface area (Å²) < 4.78 is 0. The van der Waals surface area contributed by atoms with E-state index in [0.29, 0.717) is 0 Å². The second-order valence-electron chi connectivity index (χ2n) is 5.72. The number of hydrogen-bond donors (Lipinski definition) is 0. The van der Waals surface area contributed by atoms with Crippen molar-refractivity contribution in [2.24, 2.45) is 4.99 Å².